The van der Waals surface area contributed by atoms with Crippen LogP contribution in [0.4, 0.5) is 10.6 Å². The third-order valence-corrected chi connectivity index (χ3v) is 11.4. The summed E-state index contributed by atoms with van der Waals surface area (Å²) in [6.45, 7) is 9.41. The minimum absolute atomic E-state index is 0.0330. The zero-order chi connectivity index (χ0) is 41.7. The van der Waals surface area contributed by atoms with Crippen LogP contribution in [0.15, 0.2) is 40.9 Å². The quantitative estimate of drug-likeness (QED) is 0.313. The number of urea groups is 1. The van der Waals surface area contributed by atoms with Gasteiger partial charge in [-0.25, -0.2) is 9.59 Å². The van der Waals surface area contributed by atoms with Crippen molar-refractivity contribution < 1.29 is 42.8 Å². The number of amides is 7. The Bertz CT molecular complexity index is 1860. The van der Waals surface area contributed by atoms with Crippen molar-refractivity contribution in [3.8, 4) is 0 Å². The van der Waals surface area contributed by atoms with Crippen molar-refractivity contribution in [2.45, 2.75) is 128 Å². The lowest BCUT2D eigenvalue weighted by Crippen LogP contribution is -2.63. The first-order valence-corrected chi connectivity index (χ1v) is 20.4. The average Bonchev–Trinajstić information content (AvgIpc) is 3.85. The maximum Gasteiger partial charge on any atom is 0.328 e. The maximum atomic E-state index is 14.7. The number of fused-ring (bicyclic) bond motifs is 3. The van der Waals surface area contributed by atoms with E-state index in [9.17, 15) is 33.6 Å². The zero-order valence-corrected chi connectivity index (χ0v) is 34.0. The van der Waals surface area contributed by atoms with E-state index in [4.69, 9.17) is 9.26 Å². The fraction of sp³-hybridized carbons (Fsp3) is 0.610. The van der Waals surface area contributed by atoms with Gasteiger partial charge in [-0.3, -0.25) is 29.3 Å². The number of carbonyl (C=O) groups excluding carboxylic acids is 7. The lowest BCUT2D eigenvalue weighted by Gasteiger charge is -2.42. The summed E-state index contributed by atoms with van der Waals surface area (Å²) in [7, 11) is 0. The highest BCUT2D eigenvalue weighted by Crippen LogP contribution is 2.28. The number of hydrogen-bond acceptors (Lipinski definition) is 10. The smallest absolute Gasteiger partial charge is 0.328 e. The number of nitrogens with one attached hydrogen (secondary N) is 4. The number of anilines is 1. The van der Waals surface area contributed by atoms with Crippen molar-refractivity contribution in [3.05, 3.63) is 47.7 Å². The van der Waals surface area contributed by atoms with Crippen LogP contribution in [0.2, 0.25) is 0 Å². The van der Waals surface area contributed by atoms with Crippen molar-refractivity contribution in [2.24, 2.45) is 5.92 Å². The van der Waals surface area contributed by atoms with E-state index in [0.29, 0.717) is 62.8 Å². The van der Waals surface area contributed by atoms with Gasteiger partial charge in [-0.1, -0.05) is 63.2 Å². The Morgan fingerprint density at radius 1 is 0.879 bits per heavy atom. The first kappa shape index (κ1) is 42.1. The molecule has 4 aliphatic rings. The molecular formula is C41H56N8O9. The summed E-state index contributed by atoms with van der Waals surface area (Å²) in [6.07, 6.45) is 3.68. The summed E-state index contributed by atoms with van der Waals surface area (Å²) in [6, 6.07) is 3.40. The second-order valence-electron chi connectivity index (χ2n) is 17.0. The van der Waals surface area contributed by atoms with Gasteiger partial charge < -0.3 is 39.9 Å². The number of aromatic nitrogens is 1. The fourth-order valence-electron chi connectivity index (χ4n) is 8.21. The molecule has 6 rings (SSSR count). The molecule has 1 aromatic heterocycles. The molecule has 2 aromatic rings. The molecule has 0 aliphatic carbocycles. The minimum Gasteiger partial charge on any atom is -0.461 e. The standard InChI is InChI=1S/C41H56N8O9/c1-24-19-31-39(55)57-23-28(43-34(50)27(20-26-13-7-6-8-14-26)44-40(56)45-33-21-32(58-46-33)41(3,4)5)37(53)48-18-12-10-16-30(48)38(54)47-17-11-9-15-29(47)35(51)42-25(2)36(52)49(31)22-24/h6-8,13-14,21,24-25,27-31H,9-12,15-20,22-23H2,1-5H3,(H,42,51)(H,43,50)(H2,44,45,46,56)/t24-,25+,27+,28+,29+,30+,31+/m1/s1. The predicted octanol–water partition coefficient (Wildman–Crippen LogP) is 2.25. The number of esters is 1. The SMILES string of the molecule is C[C@@H]1C[C@H]2C(=O)OC[C@H](NC(=O)[C@H](Cc3ccccc3)NC(=O)Nc3cc(C(C)(C)C)on3)C(=O)N3CCCC[C@H]3C(=O)N3CCCC[C@H]3C(=O)N[C@@H](C)C(=O)N2C1. The molecule has 0 radical (unpaired) electrons. The van der Waals surface area contributed by atoms with Gasteiger partial charge in [0.1, 0.15) is 48.6 Å². The monoisotopic (exact) mass is 804 g/mol. The van der Waals surface area contributed by atoms with Crippen LogP contribution in [0.1, 0.15) is 90.9 Å². The molecule has 0 bridgehead atoms. The van der Waals surface area contributed by atoms with Gasteiger partial charge >= 0.3 is 12.0 Å². The molecule has 7 atom stereocenters. The topological polar surface area (TPSA) is 213 Å². The van der Waals surface area contributed by atoms with E-state index in [1.54, 1.807) is 37.3 Å². The van der Waals surface area contributed by atoms with E-state index >= 15 is 0 Å². The van der Waals surface area contributed by atoms with Crippen LogP contribution >= 0.6 is 0 Å². The van der Waals surface area contributed by atoms with Gasteiger partial charge in [0, 0.05) is 37.5 Å². The van der Waals surface area contributed by atoms with Crippen LogP contribution < -0.4 is 21.3 Å². The second kappa shape index (κ2) is 18.0. The zero-order valence-electron chi connectivity index (χ0n) is 34.0. The van der Waals surface area contributed by atoms with E-state index < -0.39 is 84.4 Å². The number of nitrogens with zero attached hydrogens (tertiary/aromatic N) is 4. The van der Waals surface area contributed by atoms with Gasteiger partial charge in [-0.2, -0.15) is 0 Å². The van der Waals surface area contributed by atoms with Crippen LogP contribution in [0, 0.1) is 5.92 Å². The molecule has 1 aromatic carbocycles. The van der Waals surface area contributed by atoms with E-state index in [1.165, 1.54) is 14.7 Å². The number of carbonyl (C=O) groups is 7. The van der Waals surface area contributed by atoms with E-state index in [1.807, 2.05) is 33.8 Å². The Labute approximate surface area is 338 Å². The highest BCUT2D eigenvalue weighted by Gasteiger charge is 2.45. The summed E-state index contributed by atoms with van der Waals surface area (Å²) < 4.78 is 11.2. The lowest BCUT2D eigenvalue weighted by molar-refractivity contribution is -0.160. The molecule has 0 saturated carbocycles. The van der Waals surface area contributed by atoms with E-state index in [0.717, 1.165) is 0 Å². The van der Waals surface area contributed by atoms with Gasteiger partial charge in [-0.05, 0) is 63.4 Å². The van der Waals surface area contributed by atoms with Gasteiger partial charge in [-0.15, -0.1) is 0 Å². The normalized spacial score (nSPS) is 26.8. The van der Waals surface area contributed by atoms with Crippen LogP contribution in [0.3, 0.4) is 0 Å². The molecule has 4 saturated heterocycles. The summed E-state index contributed by atoms with van der Waals surface area (Å²) in [4.78, 5) is 102. The molecule has 5 heterocycles. The first-order valence-electron chi connectivity index (χ1n) is 20.4. The lowest BCUT2D eigenvalue weighted by atomic mass is 9.93. The summed E-state index contributed by atoms with van der Waals surface area (Å²) >= 11 is 0. The summed E-state index contributed by atoms with van der Waals surface area (Å²) in [5.41, 5.74) is 0.343. The molecule has 17 nitrogen and oxygen atoms in total. The van der Waals surface area contributed by atoms with Crippen molar-refractivity contribution in [1.82, 2.24) is 35.8 Å². The summed E-state index contributed by atoms with van der Waals surface area (Å²) in [5.74, 6) is -2.86. The van der Waals surface area contributed by atoms with Gasteiger partial charge in [0.15, 0.2) is 5.82 Å². The van der Waals surface area contributed by atoms with Crippen LogP contribution in [0.5, 0.6) is 0 Å². The van der Waals surface area contributed by atoms with Crippen LogP contribution in [-0.2, 0) is 45.3 Å². The Morgan fingerprint density at radius 2 is 1.55 bits per heavy atom. The van der Waals surface area contributed by atoms with E-state index in [2.05, 4.69) is 26.4 Å². The van der Waals surface area contributed by atoms with Crippen molar-refractivity contribution in [3.63, 3.8) is 0 Å². The van der Waals surface area contributed by atoms with Crippen molar-refractivity contribution in [2.75, 3.05) is 31.6 Å². The number of hydrogen-bond donors (Lipinski definition) is 4. The number of cyclic esters (lactones) is 1. The third-order valence-electron chi connectivity index (χ3n) is 11.4. The van der Waals surface area contributed by atoms with Crippen LogP contribution in [0.25, 0.3) is 0 Å². The number of rotatable bonds is 6. The predicted molar refractivity (Wildman–Crippen MR) is 210 cm³/mol. The average molecular weight is 805 g/mol. The molecule has 4 aliphatic heterocycles. The molecule has 0 unspecified atom stereocenters. The number of piperidine rings is 2. The maximum absolute atomic E-state index is 14.7. The van der Waals surface area contributed by atoms with Gasteiger partial charge in [0.05, 0.1) is 0 Å². The Hall–Kier alpha value is -5.48. The molecular weight excluding hydrogens is 748 g/mol. The largest absolute Gasteiger partial charge is 0.461 e. The Kier molecular flexibility index (Phi) is 13.1. The fourth-order valence-corrected chi connectivity index (χ4v) is 8.21. The molecule has 0 spiro atoms. The molecule has 4 N–H and O–H groups in total. The molecule has 314 valence electrons. The minimum atomic E-state index is -1.46. The second-order valence-corrected chi connectivity index (χ2v) is 17.0. The third kappa shape index (κ3) is 9.79. The molecule has 58 heavy (non-hydrogen) atoms. The Morgan fingerprint density at radius 3 is 2.22 bits per heavy atom. The first-order chi connectivity index (χ1) is 27.6. The van der Waals surface area contributed by atoms with E-state index in [-0.39, 0.29) is 36.7 Å². The molecule has 17 heteroatoms. The summed E-state index contributed by atoms with van der Waals surface area (Å²) in [5, 5.41) is 14.8. The Balaban J connectivity index is 1.30. The van der Waals surface area contributed by atoms with Gasteiger partial charge in [0.25, 0.3) is 0 Å². The van der Waals surface area contributed by atoms with Gasteiger partial charge in [0.2, 0.25) is 29.5 Å². The van der Waals surface area contributed by atoms with Crippen molar-refractivity contribution >= 4 is 47.4 Å². The van der Waals surface area contributed by atoms with Crippen LogP contribution in [-0.4, -0.2) is 124 Å². The highest BCUT2D eigenvalue weighted by atomic mass is 16.5. The molecule has 4 fully saturated rings. The van der Waals surface area contributed by atoms with Crippen molar-refractivity contribution in [1.29, 1.82) is 0 Å². The number of benzene rings is 1. The number of ether oxygens (including phenoxy) is 1. The molecule has 7 amide bonds. The highest BCUT2D eigenvalue weighted by molar-refractivity contribution is 5.98.